The Morgan fingerprint density at radius 3 is 2.22 bits per heavy atom. The van der Waals surface area contributed by atoms with Crippen LogP contribution in [-0.4, -0.2) is 65.3 Å². The van der Waals surface area contributed by atoms with Crippen LogP contribution < -0.4 is 4.90 Å². The molecular formula is C22H29N5. The number of rotatable bonds is 4. The Balaban J connectivity index is 1.26. The topological polar surface area (TPSA) is 35.5 Å². The number of likely N-dealkylation sites (N-methyl/N-ethyl adjacent to an activating group) is 1. The monoisotopic (exact) mass is 363 g/mol. The predicted molar refractivity (Wildman–Crippen MR) is 109 cm³/mol. The van der Waals surface area contributed by atoms with Crippen LogP contribution in [-0.2, 0) is 6.54 Å². The Bertz CT molecular complexity index is 752. The molecule has 3 aliphatic rings. The van der Waals surface area contributed by atoms with Gasteiger partial charge in [-0.1, -0.05) is 12.1 Å². The third-order valence-corrected chi connectivity index (χ3v) is 6.51. The summed E-state index contributed by atoms with van der Waals surface area (Å²) in [5.41, 5.74) is 4.53. The van der Waals surface area contributed by atoms with Crippen LogP contribution in [0.1, 0.15) is 31.4 Å². The summed E-state index contributed by atoms with van der Waals surface area (Å²) in [7, 11) is 2.24. The zero-order chi connectivity index (χ0) is 18.2. The molecule has 3 saturated heterocycles. The predicted octanol–water partition coefficient (Wildman–Crippen LogP) is 3.02. The van der Waals surface area contributed by atoms with Gasteiger partial charge in [-0.05, 0) is 57.0 Å². The number of hydrogen-bond donors (Lipinski definition) is 0. The van der Waals surface area contributed by atoms with Gasteiger partial charge in [-0.25, -0.2) is 0 Å². The summed E-state index contributed by atoms with van der Waals surface area (Å²) in [5.74, 6) is 0. The highest BCUT2D eigenvalue weighted by molar-refractivity contribution is 5.63. The van der Waals surface area contributed by atoms with Gasteiger partial charge in [0.1, 0.15) is 0 Å². The number of nitrogens with zero attached hydrogens (tertiary/aromatic N) is 5. The quantitative estimate of drug-likeness (QED) is 0.834. The lowest BCUT2D eigenvalue weighted by Crippen LogP contribution is -2.51. The van der Waals surface area contributed by atoms with Crippen LogP contribution in [0.4, 0.5) is 5.69 Å². The largest absolute Gasteiger partial charge is 0.372 e. The molecule has 2 unspecified atom stereocenters. The molecule has 2 bridgehead atoms. The maximum absolute atomic E-state index is 4.55. The van der Waals surface area contributed by atoms with Crippen LogP contribution in [0.2, 0.25) is 0 Å². The first-order valence-electron chi connectivity index (χ1n) is 10.4. The van der Waals surface area contributed by atoms with E-state index in [0.29, 0.717) is 12.1 Å². The Hall–Kier alpha value is -1.98. The van der Waals surface area contributed by atoms with Gasteiger partial charge in [0.25, 0.3) is 0 Å². The van der Waals surface area contributed by atoms with Crippen molar-refractivity contribution in [1.82, 2.24) is 20.0 Å². The zero-order valence-corrected chi connectivity index (χ0v) is 16.2. The Labute approximate surface area is 162 Å². The average Bonchev–Trinajstić information content (AvgIpc) is 3.30. The highest BCUT2D eigenvalue weighted by Crippen LogP contribution is 2.31. The molecule has 3 aliphatic heterocycles. The molecule has 2 atom stereocenters. The minimum atomic E-state index is 0.688. The fraction of sp³-hybridized carbons (Fsp3) is 0.545. The maximum atomic E-state index is 4.55. The van der Waals surface area contributed by atoms with Crippen molar-refractivity contribution in [2.24, 2.45) is 0 Å². The number of benzene rings is 1. The maximum Gasteiger partial charge on any atom is 0.0929 e. The van der Waals surface area contributed by atoms with Crippen molar-refractivity contribution < 1.29 is 0 Å². The molecule has 5 rings (SSSR count). The number of piperazine rings is 1. The van der Waals surface area contributed by atoms with E-state index in [2.05, 4.69) is 68.3 Å². The number of likely N-dealkylation sites (tertiary alicyclic amines) is 1. The van der Waals surface area contributed by atoms with Gasteiger partial charge in [0.05, 0.1) is 11.4 Å². The Morgan fingerprint density at radius 2 is 1.59 bits per heavy atom. The summed E-state index contributed by atoms with van der Waals surface area (Å²) in [6, 6.07) is 14.5. The van der Waals surface area contributed by atoms with Crippen LogP contribution in [0.3, 0.4) is 0 Å². The molecule has 0 N–H and O–H groups in total. The molecule has 5 nitrogen and oxygen atoms in total. The molecule has 27 heavy (non-hydrogen) atoms. The minimum Gasteiger partial charge on any atom is -0.372 e. The van der Waals surface area contributed by atoms with E-state index in [0.717, 1.165) is 23.5 Å². The SMILES string of the molecule is CN1CC2CCC(C1)N2Cc1ccc(-c2ccc(N3CCCC3)cc2)nn1. The number of fused-ring (bicyclic) bond motifs is 2. The third-order valence-electron chi connectivity index (χ3n) is 6.51. The van der Waals surface area contributed by atoms with Gasteiger partial charge in [0.15, 0.2) is 0 Å². The van der Waals surface area contributed by atoms with Crippen LogP contribution in [0, 0.1) is 0 Å². The van der Waals surface area contributed by atoms with Crippen LogP contribution >= 0.6 is 0 Å². The molecule has 3 fully saturated rings. The first-order valence-corrected chi connectivity index (χ1v) is 10.4. The number of aromatic nitrogens is 2. The zero-order valence-electron chi connectivity index (χ0n) is 16.2. The average molecular weight is 364 g/mol. The van der Waals surface area contributed by atoms with Gasteiger partial charge in [-0.3, -0.25) is 4.90 Å². The van der Waals surface area contributed by atoms with E-state index in [9.17, 15) is 0 Å². The van der Waals surface area contributed by atoms with Crippen LogP contribution in [0.5, 0.6) is 0 Å². The summed E-state index contributed by atoms with van der Waals surface area (Å²) in [5, 5.41) is 9.08. The lowest BCUT2D eigenvalue weighted by Gasteiger charge is -2.39. The van der Waals surface area contributed by atoms with Gasteiger partial charge < -0.3 is 9.80 Å². The summed E-state index contributed by atoms with van der Waals surface area (Å²) >= 11 is 0. The van der Waals surface area contributed by atoms with Crippen molar-refractivity contribution in [3.63, 3.8) is 0 Å². The Morgan fingerprint density at radius 1 is 0.889 bits per heavy atom. The van der Waals surface area contributed by atoms with Crippen LogP contribution in [0.25, 0.3) is 11.3 Å². The number of anilines is 1. The van der Waals surface area contributed by atoms with E-state index in [1.54, 1.807) is 0 Å². The minimum absolute atomic E-state index is 0.688. The van der Waals surface area contributed by atoms with Crippen molar-refractivity contribution in [3.8, 4) is 11.3 Å². The standard InChI is InChI=1S/C22H29N5/c1-25-15-20-9-10-21(16-25)27(20)14-18-6-11-22(24-23-18)17-4-7-19(8-5-17)26-12-2-3-13-26/h4-8,11,20-21H,2-3,9-10,12-16H2,1H3. The van der Waals surface area contributed by atoms with E-state index < -0.39 is 0 Å². The highest BCUT2D eigenvalue weighted by Gasteiger charge is 2.38. The molecule has 0 aliphatic carbocycles. The van der Waals surface area contributed by atoms with E-state index >= 15 is 0 Å². The van der Waals surface area contributed by atoms with E-state index in [1.807, 2.05) is 0 Å². The van der Waals surface area contributed by atoms with E-state index in [1.165, 1.54) is 57.5 Å². The van der Waals surface area contributed by atoms with E-state index in [4.69, 9.17) is 0 Å². The summed E-state index contributed by atoms with van der Waals surface area (Å²) in [4.78, 5) is 7.58. The van der Waals surface area contributed by atoms with Gasteiger partial charge in [0, 0.05) is 56.1 Å². The molecule has 1 aromatic carbocycles. The third kappa shape index (κ3) is 3.46. The molecule has 1 aromatic heterocycles. The molecule has 2 aromatic rings. The summed E-state index contributed by atoms with van der Waals surface area (Å²) < 4.78 is 0. The summed E-state index contributed by atoms with van der Waals surface area (Å²) in [6.45, 7) is 5.67. The van der Waals surface area contributed by atoms with Crippen molar-refractivity contribution >= 4 is 5.69 Å². The molecule has 0 saturated carbocycles. The summed E-state index contributed by atoms with van der Waals surface area (Å²) in [6.07, 6.45) is 5.27. The molecular weight excluding hydrogens is 334 g/mol. The lowest BCUT2D eigenvalue weighted by atomic mass is 10.1. The second kappa shape index (κ2) is 7.21. The molecule has 0 radical (unpaired) electrons. The fourth-order valence-corrected chi connectivity index (χ4v) is 5.06. The second-order valence-corrected chi connectivity index (χ2v) is 8.43. The smallest absolute Gasteiger partial charge is 0.0929 e. The molecule has 4 heterocycles. The van der Waals surface area contributed by atoms with Gasteiger partial charge in [-0.2, -0.15) is 10.2 Å². The molecule has 142 valence electrons. The number of hydrogen-bond acceptors (Lipinski definition) is 5. The molecule has 0 amide bonds. The van der Waals surface area contributed by atoms with Crippen molar-refractivity contribution in [2.75, 3.05) is 38.1 Å². The van der Waals surface area contributed by atoms with Crippen molar-refractivity contribution in [1.29, 1.82) is 0 Å². The van der Waals surface area contributed by atoms with Gasteiger partial charge >= 0.3 is 0 Å². The first kappa shape index (κ1) is 17.1. The van der Waals surface area contributed by atoms with Gasteiger partial charge in [-0.15, -0.1) is 0 Å². The van der Waals surface area contributed by atoms with E-state index in [-0.39, 0.29) is 0 Å². The molecule has 5 heteroatoms. The Kier molecular flexibility index (Phi) is 4.58. The van der Waals surface area contributed by atoms with Gasteiger partial charge in [0.2, 0.25) is 0 Å². The highest BCUT2D eigenvalue weighted by atomic mass is 15.3. The van der Waals surface area contributed by atoms with Crippen LogP contribution in [0.15, 0.2) is 36.4 Å². The lowest BCUT2D eigenvalue weighted by molar-refractivity contribution is 0.0747. The second-order valence-electron chi connectivity index (χ2n) is 8.43. The normalized spacial score (nSPS) is 26.0. The molecule has 0 spiro atoms. The van der Waals surface area contributed by atoms with Crippen molar-refractivity contribution in [2.45, 2.75) is 44.3 Å². The first-order chi connectivity index (χ1) is 13.3. The fourth-order valence-electron chi connectivity index (χ4n) is 5.06. The van der Waals surface area contributed by atoms with Crippen molar-refractivity contribution in [3.05, 3.63) is 42.1 Å².